The SMILES string of the molecule is CN(CC(=O)Nc1ccccc1C(F)(F)F)C(=O)c1cc(-c2ccccn2)nc2ccccc12. The number of fused-ring (bicyclic) bond motifs is 1. The fourth-order valence-corrected chi connectivity index (χ4v) is 3.52. The van der Waals surface area contributed by atoms with E-state index in [0.29, 0.717) is 27.9 Å². The number of hydrogen-bond donors (Lipinski definition) is 1. The van der Waals surface area contributed by atoms with Crippen LogP contribution in [0.2, 0.25) is 0 Å². The highest BCUT2D eigenvalue weighted by molar-refractivity contribution is 6.08. The Bertz CT molecular complexity index is 1360. The van der Waals surface area contributed by atoms with Crippen molar-refractivity contribution in [1.82, 2.24) is 14.9 Å². The molecule has 0 saturated heterocycles. The van der Waals surface area contributed by atoms with E-state index < -0.39 is 30.1 Å². The van der Waals surface area contributed by atoms with Gasteiger partial charge in [-0.3, -0.25) is 14.6 Å². The molecule has 0 unspecified atom stereocenters. The number of nitrogens with one attached hydrogen (secondary N) is 1. The molecule has 0 aliphatic rings. The number of pyridine rings is 2. The van der Waals surface area contributed by atoms with Crippen LogP contribution in [-0.4, -0.2) is 40.3 Å². The number of likely N-dealkylation sites (N-methyl/N-ethyl adjacent to an activating group) is 1. The number of nitrogens with zero attached hydrogens (tertiary/aromatic N) is 3. The van der Waals surface area contributed by atoms with Crippen LogP contribution >= 0.6 is 0 Å². The Morgan fingerprint density at radius 2 is 1.65 bits per heavy atom. The summed E-state index contributed by atoms with van der Waals surface area (Å²) in [6.07, 6.45) is -3.01. The van der Waals surface area contributed by atoms with Crippen LogP contribution in [0.5, 0.6) is 0 Å². The minimum atomic E-state index is -4.62. The summed E-state index contributed by atoms with van der Waals surface area (Å²) in [5.41, 5.74) is 0.611. The van der Waals surface area contributed by atoms with Crippen LogP contribution < -0.4 is 5.32 Å². The second-order valence-corrected chi connectivity index (χ2v) is 7.54. The maximum absolute atomic E-state index is 13.3. The molecule has 0 aliphatic heterocycles. The third-order valence-electron chi connectivity index (χ3n) is 5.11. The van der Waals surface area contributed by atoms with Gasteiger partial charge in [-0.25, -0.2) is 4.98 Å². The van der Waals surface area contributed by atoms with E-state index in [-0.39, 0.29) is 5.69 Å². The lowest BCUT2D eigenvalue weighted by Crippen LogP contribution is -2.35. The van der Waals surface area contributed by atoms with Crippen LogP contribution in [0, 0.1) is 0 Å². The van der Waals surface area contributed by atoms with Gasteiger partial charge in [0.1, 0.15) is 0 Å². The normalized spacial score (nSPS) is 11.3. The molecule has 2 amide bonds. The van der Waals surface area contributed by atoms with E-state index in [0.717, 1.165) is 17.0 Å². The van der Waals surface area contributed by atoms with Gasteiger partial charge in [0.25, 0.3) is 5.91 Å². The number of aromatic nitrogens is 2. The summed E-state index contributed by atoms with van der Waals surface area (Å²) in [5.74, 6) is -1.23. The molecule has 1 N–H and O–H groups in total. The van der Waals surface area contributed by atoms with Crippen molar-refractivity contribution in [2.75, 3.05) is 18.9 Å². The van der Waals surface area contributed by atoms with Gasteiger partial charge in [-0.1, -0.05) is 36.4 Å². The molecule has 34 heavy (non-hydrogen) atoms. The summed E-state index contributed by atoms with van der Waals surface area (Å²) < 4.78 is 39.6. The highest BCUT2D eigenvalue weighted by Crippen LogP contribution is 2.34. The first-order chi connectivity index (χ1) is 16.2. The largest absolute Gasteiger partial charge is 0.418 e. The Morgan fingerprint density at radius 3 is 2.38 bits per heavy atom. The number of anilines is 1. The van der Waals surface area contributed by atoms with Crippen LogP contribution in [0.15, 0.2) is 79.0 Å². The molecule has 2 aromatic heterocycles. The van der Waals surface area contributed by atoms with Crippen molar-refractivity contribution in [3.05, 3.63) is 90.1 Å². The first-order valence-corrected chi connectivity index (χ1v) is 10.3. The van der Waals surface area contributed by atoms with Gasteiger partial charge in [-0.05, 0) is 36.4 Å². The second kappa shape index (κ2) is 9.30. The van der Waals surface area contributed by atoms with Crippen molar-refractivity contribution < 1.29 is 22.8 Å². The fraction of sp³-hybridized carbons (Fsp3) is 0.120. The van der Waals surface area contributed by atoms with E-state index in [4.69, 9.17) is 0 Å². The van der Waals surface area contributed by atoms with Crippen molar-refractivity contribution in [3.8, 4) is 11.4 Å². The van der Waals surface area contributed by atoms with Crippen LogP contribution in [0.1, 0.15) is 15.9 Å². The van der Waals surface area contributed by atoms with Crippen molar-refractivity contribution in [1.29, 1.82) is 0 Å². The van der Waals surface area contributed by atoms with E-state index in [1.807, 2.05) is 0 Å². The molecule has 0 spiro atoms. The van der Waals surface area contributed by atoms with Crippen LogP contribution in [0.4, 0.5) is 18.9 Å². The van der Waals surface area contributed by atoms with Gasteiger partial charge in [0.05, 0.1) is 40.3 Å². The number of amides is 2. The fourth-order valence-electron chi connectivity index (χ4n) is 3.52. The van der Waals surface area contributed by atoms with E-state index in [2.05, 4.69) is 15.3 Å². The zero-order valence-electron chi connectivity index (χ0n) is 18.0. The number of carbonyl (C=O) groups excluding carboxylic acids is 2. The minimum Gasteiger partial charge on any atom is -0.332 e. The Kier molecular flexibility index (Phi) is 6.27. The zero-order valence-corrected chi connectivity index (χ0v) is 18.0. The first kappa shape index (κ1) is 22.9. The zero-order chi connectivity index (χ0) is 24.3. The topological polar surface area (TPSA) is 75.2 Å². The smallest absolute Gasteiger partial charge is 0.332 e. The van der Waals surface area contributed by atoms with Crippen molar-refractivity contribution in [2.24, 2.45) is 0 Å². The average molecular weight is 464 g/mol. The van der Waals surface area contributed by atoms with Gasteiger partial charge in [0, 0.05) is 18.6 Å². The molecule has 0 saturated carbocycles. The number of rotatable bonds is 5. The molecule has 4 rings (SSSR count). The van der Waals surface area contributed by atoms with Crippen LogP contribution in [-0.2, 0) is 11.0 Å². The third-order valence-corrected chi connectivity index (χ3v) is 5.11. The molecule has 0 aliphatic carbocycles. The van der Waals surface area contributed by atoms with Gasteiger partial charge in [-0.2, -0.15) is 13.2 Å². The van der Waals surface area contributed by atoms with E-state index in [1.54, 1.807) is 54.7 Å². The number of halogens is 3. The molecule has 0 atom stereocenters. The number of alkyl halides is 3. The number of carbonyl (C=O) groups is 2. The highest BCUT2D eigenvalue weighted by atomic mass is 19.4. The molecule has 2 heterocycles. The summed E-state index contributed by atoms with van der Waals surface area (Å²) in [4.78, 5) is 35.8. The van der Waals surface area contributed by atoms with Gasteiger partial charge in [0.2, 0.25) is 5.91 Å². The van der Waals surface area contributed by atoms with Crippen molar-refractivity contribution in [2.45, 2.75) is 6.18 Å². The first-order valence-electron chi connectivity index (χ1n) is 10.3. The maximum atomic E-state index is 13.3. The van der Waals surface area contributed by atoms with E-state index >= 15 is 0 Å². The molecule has 0 radical (unpaired) electrons. The predicted molar refractivity (Wildman–Crippen MR) is 122 cm³/mol. The average Bonchev–Trinajstić information content (AvgIpc) is 2.83. The summed E-state index contributed by atoms with van der Waals surface area (Å²) >= 11 is 0. The number of hydrogen-bond acceptors (Lipinski definition) is 4. The van der Waals surface area contributed by atoms with Crippen LogP contribution in [0.25, 0.3) is 22.3 Å². The van der Waals surface area contributed by atoms with Gasteiger partial charge < -0.3 is 10.2 Å². The maximum Gasteiger partial charge on any atom is 0.418 e. The van der Waals surface area contributed by atoms with E-state index in [1.165, 1.54) is 19.2 Å². The Hall–Kier alpha value is -4.27. The predicted octanol–water partition coefficient (Wildman–Crippen LogP) is 5.03. The summed E-state index contributed by atoms with van der Waals surface area (Å²) in [6, 6.07) is 18.7. The Morgan fingerprint density at radius 1 is 0.941 bits per heavy atom. The summed E-state index contributed by atoms with van der Waals surface area (Å²) in [6.45, 7) is -0.444. The summed E-state index contributed by atoms with van der Waals surface area (Å²) in [5, 5.41) is 2.84. The molecule has 6 nitrogen and oxygen atoms in total. The molecule has 0 bridgehead atoms. The standard InChI is InChI=1S/C25H19F3N4O2/c1-32(15-23(33)31-20-11-5-3-9-18(20)25(26,27)28)24(34)17-14-22(21-12-6-7-13-29-21)30-19-10-4-2-8-16(17)19/h2-14H,15H2,1H3,(H,31,33). The lowest BCUT2D eigenvalue weighted by Gasteiger charge is -2.19. The molecular weight excluding hydrogens is 445 g/mol. The van der Waals surface area contributed by atoms with Crippen molar-refractivity contribution >= 4 is 28.4 Å². The lowest BCUT2D eigenvalue weighted by atomic mass is 10.0. The molecule has 2 aromatic carbocycles. The summed E-state index contributed by atoms with van der Waals surface area (Å²) in [7, 11) is 1.41. The van der Waals surface area contributed by atoms with Gasteiger partial charge in [0.15, 0.2) is 0 Å². The van der Waals surface area contributed by atoms with Crippen molar-refractivity contribution in [3.63, 3.8) is 0 Å². The highest BCUT2D eigenvalue weighted by Gasteiger charge is 2.33. The molecule has 9 heteroatoms. The quantitative estimate of drug-likeness (QED) is 0.450. The Labute approximate surface area is 193 Å². The Balaban J connectivity index is 1.60. The van der Waals surface area contributed by atoms with Gasteiger partial charge >= 0.3 is 6.18 Å². The molecule has 0 fully saturated rings. The minimum absolute atomic E-state index is 0.303. The third kappa shape index (κ3) is 4.88. The number of benzene rings is 2. The monoisotopic (exact) mass is 464 g/mol. The second-order valence-electron chi connectivity index (χ2n) is 7.54. The van der Waals surface area contributed by atoms with Crippen LogP contribution in [0.3, 0.4) is 0 Å². The molecule has 4 aromatic rings. The van der Waals surface area contributed by atoms with E-state index in [9.17, 15) is 22.8 Å². The molecular formula is C25H19F3N4O2. The molecule has 172 valence electrons. The van der Waals surface area contributed by atoms with Gasteiger partial charge in [-0.15, -0.1) is 0 Å². The number of para-hydroxylation sites is 2. The lowest BCUT2D eigenvalue weighted by molar-refractivity contribution is -0.137.